The predicted octanol–water partition coefficient (Wildman–Crippen LogP) is 2.65. The number of hydrogen-bond acceptors (Lipinski definition) is 5. The van der Waals surface area contributed by atoms with Crippen molar-refractivity contribution in [2.45, 2.75) is 45.1 Å². The fourth-order valence-electron chi connectivity index (χ4n) is 3.80. The molecule has 2 aromatic rings. The van der Waals surface area contributed by atoms with E-state index in [0.717, 1.165) is 35.4 Å². The minimum Gasteiger partial charge on any atom is -0.383 e. The lowest BCUT2D eigenvalue weighted by molar-refractivity contribution is -0.124. The number of ether oxygens (including phenoxy) is 1. The summed E-state index contributed by atoms with van der Waals surface area (Å²) in [5, 5.41) is 18.4. The SMILES string of the molecule is Cc1noc(C)c1CCC(=O)NC[C@@](O)(c1ccccc1)C1CCOCC1. The minimum absolute atomic E-state index is 0.0523. The highest BCUT2D eigenvalue weighted by Crippen LogP contribution is 2.35. The Hall–Kier alpha value is -2.18. The first-order valence-electron chi connectivity index (χ1n) is 9.55. The number of rotatable bonds is 7. The van der Waals surface area contributed by atoms with Gasteiger partial charge in [0.1, 0.15) is 11.4 Å². The molecule has 1 aromatic heterocycles. The van der Waals surface area contributed by atoms with Crippen molar-refractivity contribution in [2.75, 3.05) is 19.8 Å². The third-order valence-corrected chi connectivity index (χ3v) is 5.51. The molecular weight excluding hydrogens is 344 g/mol. The molecule has 2 N–H and O–H groups in total. The van der Waals surface area contributed by atoms with E-state index in [0.29, 0.717) is 26.1 Å². The van der Waals surface area contributed by atoms with Gasteiger partial charge in [0.25, 0.3) is 0 Å². The summed E-state index contributed by atoms with van der Waals surface area (Å²) in [6.45, 7) is 5.21. The van der Waals surface area contributed by atoms with Gasteiger partial charge in [0, 0.05) is 25.2 Å². The number of carbonyl (C=O) groups is 1. The standard InChI is InChI=1S/C21H28N2O4/c1-15-19(16(2)27-23-15)8-9-20(24)22-14-21(25,17-6-4-3-5-7-17)18-10-12-26-13-11-18/h3-7,18,25H,8-14H2,1-2H3,(H,22,24)/t21-/m1/s1. The summed E-state index contributed by atoms with van der Waals surface area (Å²) < 4.78 is 10.6. The van der Waals surface area contributed by atoms with Crippen LogP contribution in [0.1, 0.15) is 41.8 Å². The maximum absolute atomic E-state index is 12.4. The van der Waals surface area contributed by atoms with Crippen molar-refractivity contribution < 1.29 is 19.2 Å². The lowest BCUT2D eigenvalue weighted by Crippen LogP contribution is -2.47. The molecule has 2 heterocycles. The number of benzene rings is 1. The third kappa shape index (κ3) is 4.57. The molecule has 1 atom stereocenters. The smallest absolute Gasteiger partial charge is 0.220 e. The maximum atomic E-state index is 12.4. The van der Waals surface area contributed by atoms with Crippen LogP contribution in [-0.2, 0) is 21.6 Å². The van der Waals surface area contributed by atoms with Gasteiger partial charge < -0.3 is 19.7 Å². The van der Waals surface area contributed by atoms with Crippen LogP contribution >= 0.6 is 0 Å². The van der Waals surface area contributed by atoms with E-state index in [1.165, 1.54) is 0 Å². The molecule has 1 aromatic carbocycles. The summed E-state index contributed by atoms with van der Waals surface area (Å²) >= 11 is 0. The number of nitrogens with one attached hydrogen (secondary N) is 1. The number of nitrogens with zero attached hydrogens (tertiary/aromatic N) is 1. The number of carbonyl (C=O) groups excluding carboxylic acids is 1. The van der Waals surface area contributed by atoms with Crippen LogP contribution in [0, 0.1) is 19.8 Å². The Morgan fingerprint density at radius 1 is 1.26 bits per heavy atom. The van der Waals surface area contributed by atoms with E-state index >= 15 is 0 Å². The molecule has 3 rings (SSSR count). The summed E-state index contributed by atoms with van der Waals surface area (Å²) in [6, 6.07) is 9.60. The van der Waals surface area contributed by atoms with Crippen molar-refractivity contribution in [2.24, 2.45) is 5.92 Å². The molecule has 0 aliphatic carbocycles. The summed E-state index contributed by atoms with van der Waals surface area (Å²) in [4.78, 5) is 12.4. The van der Waals surface area contributed by atoms with Crippen LogP contribution in [0.5, 0.6) is 0 Å². The number of amides is 1. The summed E-state index contributed by atoms with van der Waals surface area (Å²) in [5.41, 5.74) is 1.54. The highest BCUT2D eigenvalue weighted by molar-refractivity contribution is 5.76. The molecule has 0 radical (unpaired) electrons. The summed E-state index contributed by atoms with van der Waals surface area (Å²) in [7, 11) is 0. The van der Waals surface area contributed by atoms with Crippen molar-refractivity contribution in [3.8, 4) is 0 Å². The Bertz CT molecular complexity index is 733. The van der Waals surface area contributed by atoms with Crippen LogP contribution in [0.25, 0.3) is 0 Å². The van der Waals surface area contributed by atoms with E-state index in [1.807, 2.05) is 44.2 Å². The molecule has 0 unspecified atom stereocenters. The first kappa shape index (κ1) is 19.6. The lowest BCUT2D eigenvalue weighted by Gasteiger charge is -2.39. The Kier molecular flexibility index (Phi) is 6.29. The Morgan fingerprint density at radius 3 is 2.59 bits per heavy atom. The monoisotopic (exact) mass is 372 g/mol. The zero-order valence-corrected chi connectivity index (χ0v) is 16.0. The van der Waals surface area contributed by atoms with Crippen molar-refractivity contribution >= 4 is 5.91 Å². The van der Waals surface area contributed by atoms with Gasteiger partial charge in [0.2, 0.25) is 5.91 Å². The Labute approximate surface area is 159 Å². The van der Waals surface area contributed by atoms with Gasteiger partial charge in [-0.3, -0.25) is 4.79 Å². The first-order chi connectivity index (χ1) is 13.0. The van der Waals surface area contributed by atoms with Crippen molar-refractivity contribution in [1.82, 2.24) is 10.5 Å². The molecule has 1 saturated heterocycles. The molecule has 1 fully saturated rings. The van der Waals surface area contributed by atoms with Gasteiger partial charge in [0.15, 0.2) is 0 Å². The number of aliphatic hydroxyl groups is 1. The highest BCUT2D eigenvalue weighted by Gasteiger charge is 2.39. The van der Waals surface area contributed by atoms with Gasteiger partial charge in [-0.1, -0.05) is 35.5 Å². The fourth-order valence-corrected chi connectivity index (χ4v) is 3.80. The van der Waals surface area contributed by atoms with Crippen molar-refractivity contribution in [3.63, 3.8) is 0 Å². The molecule has 0 spiro atoms. The van der Waals surface area contributed by atoms with Crippen LogP contribution in [-0.4, -0.2) is 35.9 Å². The lowest BCUT2D eigenvalue weighted by atomic mass is 9.77. The normalized spacial score (nSPS) is 17.4. The topological polar surface area (TPSA) is 84.6 Å². The molecule has 1 amide bonds. The van der Waals surface area contributed by atoms with Crippen LogP contribution in [0.4, 0.5) is 0 Å². The number of aryl methyl sites for hydroxylation is 2. The van der Waals surface area contributed by atoms with Crippen LogP contribution in [0.3, 0.4) is 0 Å². The fraction of sp³-hybridized carbons (Fsp3) is 0.524. The Balaban J connectivity index is 1.64. The van der Waals surface area contributed by atoms with Gasteiger partial charge in [0.05, 0.1) is 12.2 Å². The van der Waals surface area contributed by atoms with E-state index in [4.69, 9.17) is 9.26 Å². The van der Waals surface area contributed by atoms with Gasteiger partial charge in [-0.25, -0.2) is 0 Å². The molecule has 6 nitrogen and oxygen atoms in total. The third-order valence-electron chi connectivity index (χ3n) is 5.51. The summed E-state index contributed by atoms with van der Waals surface area (Å²) in [6.07, 6.45) is 2.47. The van der Waals surface area contributed by atoms with Gasteiger partial charge in [-0.15, -0.1) is 0 Å². The maximum Gasteiger partial charge on any atom is 0.220 e. The molecule has 146 valence electrons. The molecule has 6 heteroatoms. The summed E-state index contributed by atoms with van der Waals surface area (Å²) in [5.74, 6) is 0.719. The zero-order valence-electron chi connectivity index (χ0n) is 16.0. The number of aromatic nitrogens is 1. The number of hydrogen-bond donors (Lipinski definition) is 2. The Morgan fingerprint density at radius 2 is 1.96 bits per heavy atom. The minimum atomic E-state index is -1.09. The molecule has 1 aliphatic rings. The van der Waals surface area contributed by atoms with E-state index in [-0.39, 0.29) is 18.4 Å². The van der Waals surface area contributed by atoms with E-state index < -0.39 is 5.60 Å². The van der Waals surface area contributed by atoms with E-state index in [1.54, 1.807) is 0 Å². The second-order valence-electron chi connectivity index (χ2n) is 7.26. The first-order valence-corrected chi connectivity index (χ1v) is 9.55. The van der Waals surface area contributed by atoms with Crippen molar-refractivity contribution in [1.29, 1.82) is 0 Å². The second-order valence-corrected chi connectivity index (χ2v) is 7.26. The predicted molar refractivity (Wildman–Crippen MR) is 101 cm³/mol. The molecule has 1 aliphatic heterocycles. The molecule has 27 heavy (non-hydrogen) atoms. The van der Waals surface area contributed by atoms with Gasteiger partial charge >= 0.3 is 0 Å². The van der Waals surface area contributed by atoms with Gasteiger partial charge in [-0.2, -0.15) is 0 Å². The molecule has 0 saturated carbocycles. The van der Waals surface area contributed by atoms with E-state index in [9.17, 15) is 9.90 Å². The molecule has 0 bridgehead atoms. The quantitative estimate of drug-likeness (QED) is 0.781. The largest absolute Gasteiger partial charge is 0.383 e. The van der Waals surface area contributed by atoms with Crippen LogP contribution < -0.4 is 5.32 Å². The average Bonchev–Trinajstić information content (AvgIpc) is 3.03. The van der Waals surface area contributed by atoms with Crippen molar-refractivity contribution in [3.05, 3.63) is 52.9 Å². The second kappa shape index (κ2) is 8.67. The highest BCUT2D eigenvalue weighted by atomic mass is 16.5. The average molecular weight is 372 g/mol. The van der Waals surface area contributed by atoms with Crippen LogP contribution in [0.15, 0.2) is 34.9 Å². The zero-order chi connectivity index (χ0) is 19.3. The van der Waals surface area contributed by atoms with Crippen LogP contribution in [0.2, 0.25) is 0 Å². The molecular formula is C21H28N2O4. The van der Waals surface area contributed by atoms with Gasteiger partial charge in [-0.05, 0) is 44.6 Å². The van der Waals surface area contributed by atoms with E-state index in [2.05, 4.69) is 10.5 Å².